The highest BCUT2D eigenvalue weighted by molar-refractivity contribution is 5.97. The highest BCUT2D eigenvalue weighted by atomic mass is 16.1. The molecule has 1 aromatic rings. The number of ketones is 1. The highest BCUT2D eigenvalue weighted by Gasteiger charge is 2.33. The van der Waals surface area contributed by atoms with Crippen LogP contribution in [0.15, 0.2) is 24.3 Å². The van der Waals surface area contributed by atoms with Crippen LogP contribution in [0.25, 0.3) is 0 Å². The molecule has 1 aliphatic heterocycles. The molecule has 2 fully saturated rings. The van der Waals surface area contributed by atoms with Gasteiger partial charge in [0, 0.05) is 11.6 Å². The van der Waals surface area contributed by atoms with Crippen molar-refractivity contribution < 1.29 is 4.79 Å². The maximum absolute atomic E-state index is 12.5. The zero-order valence-electron chi connectivity index (χ0n) is 12.4. The smallest absolute Gasteiger partial charge is 0.176 e. The van der Waals surface area contributed by atoms with Gasteiger partial charge in [-0.1, -0.05) is 25.0 Å². The summed E-state index contributed by atoms with van der Waals surface area (Å²) in [7, 11) is 0. The van der Waals surface area contributed by atoms with E-state index in [1.807, 2.05) is 0 Å². The van der Waals surface area contributed by atoms with E-state index in [1.165, 1.54) is 38.5 Å². The van der Waals surface area contributed by atoms with Gasteiger partial charge < -0.3 is 0 Å². The van der Waals surface area contributed by atoms with E-state index in [0.29, 0.717) is 18.2 Å². The summed E-state index contributed by atoms with van der Waals surface area (Å²) in [6.45, 7) is 1.59. The molecular weight excluding hydrogens is 260 g/mol. The third-order valence-electron chi connectivity index (χ3n) is 5.04. The van der Waals surface area contributed by atoms with Crippen LogP contribution < -0.4 is 0 Å². The van der Waals surface area contributed by atoms with E-state index in [1.54, 1.807) is 24.3 Å². The van der Waals surface area contributed by atoms with Gasteiger partial charge in [0.25, 0.3) is 0 Å². The molecule has 0 radical (unpaired) electrons. The van der Waals surface area contributed by atoms with Crippen molar-refractivity contribution in [1.29, 1.82) is 5.26 Å². The molecule has 110 valence electrons. The van der Waals surface area contributed by atoms with E-state index in [9.17, 15) is 4.79 Å². The Labute approximate surface area is 126 Å². The molecule has 0 aromatic heterocycles. The van der Waals surface area contributed by atoms with Gasteiger partial charge in [0.1, 0.15) is 0 Å². The van der Waals surface area contributed by atoms with Gasteiger partial charge in [-0.25, -0.2) is 0 Å². The van der Waals surface area contributed by atoms with E-state index < -0.39 is 0 Å². The molecule has 1 saturated heterocycles. The molecule has 3 heteroatoms. The third kappa shape index (κ3) is 3.16. The molecule has 0 bridgehead atoms. The van der Waals surface area contributed by atoms with Crippen LogP contribution in [0.3, 0.4) is 0 Å². The van der Waals surface area contributed by atoms with Crippen molar-refractivity contribution in [2.75, 3.05) is 13.1 Å². The van der Waals surface area contributed by atoms with Gasteiger partial charge in [-0.05, 0) is 50.3 Å². The first-order chi connectivity index (χ1) is 10.3. The molecular formula is C18H22N2O. The van der Waals surface area contributed by atoms with Crippen molar-refractivity contribution in [3.05, 3.63) is 35.4 Å². The molecule has 21 heavy (non-hydrogen) atoms. The van der Waals surface area contributed by atoms with Gasteiger partial charge in [0.15, 0.2) is 5.78 Å². The molecule has 1 saturated carbocycles. The Hall–Kier alpha value is -1.66. The van der Waals surface area contributed by atoms with E-state index in [4.69, 9.17) is 5.26 Å². The number of carbonyl (C=O) groups excluding carboxylic acids is 1. The number of piperidine rings is 1. The number of carbonyl (C=O) groups is 1. The predicted octanol–water partition coefficient (Wildman–Crippen LogP) is 3.40. The highest BCUT2D eigenvalue weighted by Crippen LogP contribution is 2.35. The van der Waals surface area contributed by atoms with Crippen molar-refractivity contribution in [3.63, 3.8) is 0 Å². The number of rotatable bonds is 3. The molecule has 0 spiro atoms. The van der Waals surface area contributed by atoms with Gasteiger partial charge >= 0.3 is 0 Å². The topological polar surface area (TPSA) is 44.1 Å². The Balaban J connectivity index is 1.66. The number of benzene rings is 1. The summed E-state index contributed by atoms with van der Waals surface area (Å²) in [5, 5.41) is 8.81. The SMILES string of the molecule is N#Cc1ccc(C(=O)CN2CCCC3CCCCC32)cc1. The number of Topliss-reactive ketones (excluding diaryl/α,β-unsaturated/α-hetero) is 1. The summed E-state index contributed by atoms with van der Waals surface area (Å²) in [4.78, 5) is 14.9. The van der Waals surface area contributed by atoms with Crippen LogP contribution in [-0.4, -0.2) is 29.8 Å². The number of nitrogens with zero attached hydrogens (tertiary/aromatic N) is 2. The van der Waals surface area contributed by atoms with Gasteiger partial charge in [-0.2, -0.15) is 5.26 Å². The first-order valence-corrected chi connectivity index (χ1v) is 8.05. The summed E-state index contributed by atoms with van der Waals surface area (Å²) in [6, 6.07) is 9.73. The molecule has 3 rings (SSSR count). The molecule has 2 aliphatic rings. The maximum Gasteiger partial charge on any atom is 0.176 e. The third-order valence-corrected chi connectivity index (χ3v) is 5.04. The molecule has 1 aromatic carbocycles. The Morgan fingerprint density at radius 3 is 2.62 bits per heavy atom. The number of hydrogen-bond acceptors (Lipinski definition) is 3. The Bertz CT molecular complexity index is 541. The fraction of sp³-hybridized carbons (Fsp3) is 0.556. The Kier molecular flexibility index (Phi) is 4.36. The minimum Gasteiger partial charge on any atom is -0.293 e. The largest absolute Gasteiger partial charge is 0.293 e. The second-order valence-corrected chi connectivity index (χ2v) is 6.34. The molecule has 0 N–H and O–H groups in total. The number of fused-ring (bicyclic) bond motifs is 1. The molecule has 1 aliphatic carbocycles. The fourth-order valence-corrected chi connectivity index (χ4v) is 3.93. The lowest BCUT2D eigenvalue weighted by molar-refractivity contribution is 0.0539. The van der Waals surface area contributed by atoms with Gasteiger partial charge in [-0.3, -0.25) is 9.69 Å². The normalized spacial score (nSPS) is 25.9. The summed E-state index contributed by atoms with van der Waals surface area (Å²) in [6.07, 6.45) is 7.83. The van der Waals surface area contributed by atoms with Crippen LogP contribution in [0.2, 0.25) is 0 Å². The number of likely N-dealkylation sites (tertiary alicyclic amines) is 1. The van der Waals surface area contributed by atoms with E-state index in [-0.39, 0.29) is 5.78 Å². The number of hydrogen-bond donors (Lipinski definition) is 0. The van der Waals surface area contributed by atoms with Crippen molar-refractivity contribution in [2.45, 2.75) is 44.6 Å². The lowest BCUT2D eigenvalue weighted by Crippen LogP contribution is -2.48. The standard InChI is InChI=1S/C18H22N2O/c19-12-14-7-9-16(10-8-14)18(21)13-20-11-3-5-15-4-1-2-6-17(15)20/h7-10,15,17H,1-6,11,13H2. The van der Waals surface area contributed by atoms with Crippen LogP contribution in [0.5, 0.6) is 0 Å². The maximum atomic E-state index is 12.5. The van der Waals surface area contributed by atoms with Crippen molar-refractivity contribution in [3.8, 4) is 6.07 Å². The first-order valence-electron chi connectivity index (χ1n) is 8.05. The molecule has 3 nitrogen and oxygen atoms in total. The average molecular weight is 282 g/mol. The van der Waals surface area contributed by atoms with Crippen LogP contribution in [0.4, 0.5) is 0 Å². The van der Waals surface area contributed by atoms with Crippen LogP contribution >= 0.6 is 0 Å². The summed E-state index contributed by atoms with van der Waals surface area (Å²) < 4.78 is 0. The lowest BCUT2D eigenvalue weighted by atomic mass is 9.78. The van der Waals surface area contributed by atoms with Crippen molar-refractivity contribution in [1.82, 2.24) is 4.90 Å². The molecule has 0 amide bonds. The first kappa shape index (κ1) is 14.3. The molecule has 2 unspecified atom stereocenters. The van der Waals surface area contributed by atoms with Crippen LogP contribution in [0, 0.1) is 17.2 Å². The quantitative estimate of drug-likeness (QED) is 0.798. The summed E-state index contributed by atoms with van der Waals surface area (Å²) in [5.74, 6) is 0.993. The van der Waals surface area contributed by atoms with Gasteiger partial charge in [-0.15, -0.1) is 0 Å². The van der Waals surface area contributed by atoms with Crippen LogP contribution in [0.1, 0.15) is 54.4 Å². The van der Waals surface area contributed by atoms with Crippen molar-refractivity contribution >= 4 is 5.78 Å². The molecule has 2 atom stereocenters. The Morgan fingerprint density at radius 2 is 1.86 bits per heavy atom. The van der Waals surface area contributed by atoms with E-state index in [0.717, 1.165) is 18.0 Å². The molecule has 1 heterocycles. The van der Waals surface area contributed by atoms with E-state index in [2.05, 4.69) is 11.0 Å². The lowest BCUT2D eigenvalue weighted by Gasteiger charge is -2.43. The van der Waals surface area contributed by atoms with Crippen molar-refractivity contribution in [2.24, 2.45) is 5.92 Å². The monoisotopic (exact) mass is 282 g/mol. The zero-order chi connectivity index (χ0) is 14.7. The minimum atomic E-state index is 0.186. The minimum absolute atomic E-state index is 0.186. The zero-order valence-corrected chi connectivity index (χ0v) is 12.4. The van der Waals surface area contributed by atoms with Gasteiger partial charge in [0.2, 0.25) is 0 Å². The average Bonchev–Trinajstić information content (AvgIpc) is 2.55. The van der Waals surface area contributed by atoms with Gasteiger partial charge in [0.05, 0.1) is 18.2 Å². The Morgan fingerprint density at radius 1 is 1.14 bits per heavy atom. The number of nitriles is 1. The second-order valence-electron chi connectivity index (χ2n) is 6.34. The fourth-order valence-electron chi connectivity index (χ4n) is 3.93. The second kappa shape index (κ2) is 6.41. The predicted molar refractivity (Wildman–Crippen MR) is 82.0 cm³/mol. The van der Waals surface area contributed by atoms with E-state index >= 15 is 0 Å². The van der Waals surface area contributed by atoms with Crippen LogP contribution in [-0.2, 0) is 0 Å². The summed E-state index contributed by atoms with van der Waals surface area (Å²) in [5.41, 5.74) is 1.34. The summed E-state index contributed by atoms with van der Waals surface area (Å²) >= 11 is 0.